The van der Waals surface area contributed by atoms with E-state index in [4.69, 9.17) is 4.74 Å². The van der Waals surface area contributed by atoms with Crippen LogP contribution in [0.15, 0.2) is 55.6 Å². The van der Waals surface area contributed by atoms with Crippen LogP contribution in [0, 0.1) is 5.92 Å². The van der Waals surface area contributed by atoms with E-state index in [0.29, 0.717) is 32.2 Å². The predicted octanol–water partition coefficient (Wildman–Crippen LogP) is 3.18. The molecule has 7 nitrogen and oxygen atoms in total. The van der Waals surface area contributed by atoms with Gasteiger partial charge in [-0.3, -0.25) is 14.4 Å². The zero-order valence-corrected chi connectivity index (χ0v) is 20.0. The van der Waals surface area contributed by atoms with Crippen molar-refractivity contribution in [1.29, 1.82) is 0 Å². The van der Waals surface area contributed by atoms with Crippen LogP contribution in [0.4, 0.5) is 0 Å². The molecule has 1 aliphatic heterocycles. The minimum Gasteiger partial charge on any atom is -0.463 e. The molecule has 0 spiro atoms. The standard InChI is InChI=1S/C27H38N2O5/c1-3-5-7-15-26(32)34-20-24-14-10-16-29(24)27(33)22(11-4-2)18-25(31)28-23(19-30)17-21-12-8-6-9-13-21/h3-4,6,8-9,12-13,22-24,30H,1-2,5,7,10-11,14-20H2,(H,28,31)/t22-,23-,24+/m1/s1. The van der Waals surface area contributed by atoms with Crippen molar-refractivity contribution in [2.75, 3.05) is 19.8 Å². The monoisotopic (exact) mass is 470 g/mol. The van der Waals surface area contributed by atoms with Gasteiger partial charge in [0, 0.05) is 19.4 Å². The molecule has 0 bridgehead atoms. The molecule has 1 aromatic carbocycles. The number of allylic oxidation sites excluding steroid dienone is 2. The van der Waals surface area contributed by atoms with Gasteiger partial charge in [0.25, 0.3) is 0 Å². The lowest BCUT2D eigenvalue weighted by Gasteiger charge is -2.28. The van der Waals surface area contributed by atoms with Gasteiger partial charge in [-0.15, -0.1) is 13.2 Å². The maximum atomic E-state index is 13.3. The number of benzene rings is 1. The summed E-state index contributed by atoms with van der Waals surface area (Å²) in [6, 6.07) is 9.03. The molecule has 0 aromatic heterocycles. The van der Waals surface area contributed by atoms with Gasteiger partial charge in [0.1, 0.15) is 6.61 Å². The lowest BCUT2D eigenvalue weighted by molar-refractivity contribution is -0.148. The Balaban J connectivity index is 1.91. The lowest BCUT2D eigenvalue weighted by Crippen LogP contribution is -2.45. The van der Waals surface area contributed by atoms with Gasteiger partial charge in [0.15, 0.2) is 0 Å². The number of unbranched alkanes of at least 4 members (excludes halogenated alkanes) is 1. The molecule has 186 valence electrons. The largest absolute Gasteiger partial charge is 0.463 e. The van der Waals surface area contributed by atoms with Crippen LogP contribution in [0.25, 0.3) is 0 Å². The molecular weight excluding hydrogens is 432 g/mol. The Morgan fingerprint density at radius 2 is 1.97 bits per heavy atom. The molecule has 2 N–H and O–H groups in total. The Bertz CT molecular complexity index is 810. The molecule has 1 heterocycles. The summed E-state index contributed by atoms with van der Waals surface area (Å²) in [5.74, 6) is -1.21. The molecule has 1 saturated heterocycles. The fourth-order valence-corrected chi connectivity index (χ4v) is 4.23. The Hall–Kier alpha value is -2.93. The normalized spacial score (nSPS) is 17.0. The summed E-state index contributed by atoms with van der Waals surface area (Å²) in [4.78, 5) is 39.7. The van der Waals surface area contributed by atoms with Crippen LogP contribution in [0.2, 0.25) is 0 Å². The molecule has 2 rings (SSSR count). The summed E-state index contributed by atoms with van der Waals surface area (Å²) in [6.07, 6.45) is 7.71. The van der Waals surface area contributed by atoms with Crippen LogP contribution in [0.5, 0.6) is 0 Å². The van der Waals surface area contributed by atoms with Crippen molar-refractivity contribution in [3.63, 3.8) is 0 Å². The third kappa shape index (κ3) is 9.14. The van der Waals surface area contributed by atoms with E-state index in [1.165, 1.54) is 0 Å². The number of carbonyl (C=O) groups is 3. The minimum absolute atomic E-state index is 0.0146. The molecule has 7 heteroatoms. The number of nitrogens with zero attached hydrogens (tertiary/aromatic N) is 1. The summed E-state index contributed by atoms with van der Waals surface area (Å²) in [7, 11) is 0. The van der Waals surface area contributed by atoms with Crippen molar-refractivity contribution < 1.29 is 24.2 Å². The van der Waals surface area contributed by atoms with Gasteiger partial charge in [-0.1, -0.05) is 42.5 Å². The summed E-state index contributed by atoms with van der Waals surface area (Å²) in [5.41, 5.74) is 1.01. The molecule has 1 fully saturated rings. The number of aliphatic hydroxyl groups excluding tert-OH is 1. The third-order valence-corrected chi connectivity index (χ3v) is 6.03. The maximum absolute atomic E-state index is 13.3. The predicted molar refractivity (Wildman–Crippen MR) is 132 cm³/mol. The number of esters is 1. The highest BCUT2D eigenvalue weighted by molar-refractivity contribution is 5.86. The van der Waals surface area contributed by atoms with Crippen molar-refractivity contribution in [2.24, 2.45) is 5.92 Å². The first-order chi connectivity index (χ1) is 16.5. The number of aliphatic hydroxyl groups is 1. The van der Waals surface area contributed by atoms with E-state index < -0.39 is 12.0 Å². The number of likely N-dealkylation sites (tertiary alicyclic amines) is 1. The quantitative estimate of drug-likeness (QED) is 0.233. The van der Waals surface area contributed by atoms with Gasteiger partial charge >= 0.3 is 5.97 Å². The molecule has 0 unspecified atom stereocenters. The molecule has 3 atom stereocenters. The first kappa shape index (κ1) is 27.3. The number of nitrogens with one attached hydrogen (secondary N) is 1. The smallest absolute Gasteiger partial charge is 0.305 e. The minimum atomic E-state index is -0.544. The fraction of sp³-hybridized carbons (Fsp3) is 0.519. The first-order valence-electron chi connectivity index (χ1n) is 12.1. The van der Waals surface area contributed by atoms with Gasteiger partial charge in [-0.25, -0.2) is 0 Å². The Morgan fingerprint density at radius 1 is 1.21 bits per heavy atom. The van der Waals surface area contributed by atoms with Crippen LogP contribution >= 0.6 is 0 Å². The molecule has 1 aromatic rings. The second kappa shape index (κ2) is 15.1. The molecule has 2 amide bonds. The van der Waals surface area contributed by atoms with Crippen molar-refractivity contribution in [3.8, 4) is 0 Å². The third-order valence-electron chi connectivity index (χ3n) is 6.03. The van der Waals surface area contributed by atoms with E-state index in [1.54, 1.807) is 17.1 Å². The Labute approximate surface area is 202 Å². The van der Waals surface area contributed by atoms with Crippen LogP contribution in [0.3, 0.4) is 0 Å². The fourth-order valence-electron chi connectivity index (χ4n) is 4.23. The summed E-state index contributed by atoms with van der Waals surface area (Å²) < 4.78 is 5.40. The zero-order valence-electron chi connectivity index (χ0n) is 20.0. The van der Waals surface area contributed by atoms with E-state index in [-0.39, 0.29) is 43.5 Å². The molecular formula is C27H38N2O5. The average molecular weight is 471 g/mol. The summed E-state index contributed by atoms with van der Waals surface area (Å²) >= 11 is 0. The molecule has 0 saturated carbocycles. The van der Waals surface area contributed by atoms with E-state index in [1.807, 2.05) is 30.3 Å². The van der Waals surface area contributed by atoms with Gasteiger partial charge in [-0.05, 0) is 44.1 Å². The van der Waals surface area contributed by atoms with E-state index in [0.717, 1.165) is 24.8 Å². The van der Waals surface area contributed by atoms with Crippen molar-refractivity contribution in [1.82, 2.24) is 10.2 Å². The van der Waals surface area contributed by atoms with Crippen LogP contribution in [0.1, 0.15) is 50.5 Å². The number of hydrogen-bond acceptors (Lipinski definition) is 5. The van der Waals surface area contributed by atoms with Crippen molar-refractivity contribution in [3.05, 3.63) is 61.2 Å². The second-order valence-corrected chi connectivity index (χ2v) is 8.75. The van der Waals surface area contributed by atoms with E-state index >= 15 is 0 Å². The highest BCUT2D eigenvalue weighted by Gasteiger charge is 2.34. The zero-order chi connectivity index (χ0) is 24.8. The average Bonchev–Trinajstić information content (AvgIpc) is 3.31. The maximum Gasteiger partial charge on any atom is 0.305 e. The van der Waals surface area contributed by atoms with Crippen LogP contribution < -0.4 is 5.32 Å². The van der Waals surface area contributed by atoms with Crippen molar-refractivity contribution in [2.45, 2.75) is 63.5 Å². The first-order valence-corrected chi connectivity index (χ1v) is 12.1. The molecule has 1 aliphatic rings. The molecule has 0 aliphatic carbocycles. The second-order valence-electron chi connectivity index (χ2n) is 8.75. The van der Waals surface area contributed by atoms with Gasteiger partial charge in [0.05, 0.1) is 24.6 Å². The van der Waals surface area contributed by atoms with Crippen molar-refractivity contribution >= 4 is 17.8 Å². The van der Waals surface area contributed by atoms with Gasteiger partial charge in [-0.2, -0.15) is 0 Å². The highest BCUT2D eigenvalue weighted by Crippen LogP contribution is 2.23. The van der Waals surface area contributed by atoms with Crippen LogP contribution in [-0.4, -0.2) is 59.6 Å². The number of carbonyl (C=O) groups excluding carboxylic acids is 3. The summed E-state index contributed by atoms with van der Waals surface area (Å²) in [6.45, 7) is 7.96. The number of amides is 2. The molecule has 0 radical (unpaired) electrons. The van der Waals surface area contributed by atoms with Crippen LogP contribution in [-0.2, 0) is 25.5 Å². The Morgan fingerprint density at radius 3 is 2.65 bits per heavy atom. The topological polar surface area (TPSA) is 95.9 Å². The number of rotatable bonds is 15. The van der Waals surface area contributed by atoms with Gasteiger partial charge < -0.3 is 20.1 Å². The highest BCUT2D eigenvalue weighted by atomic mass is 16.5. The molecule has 34 heavy (non-hydrogen) atoms. The Kier molecular flexibility index (Phi) is 12.1. The lowest BCUT2D eigenvalue weighted by atomic mass is 9.98. The SMILES string of the molecule is C=CCCCC(=O)OC[C@@H]1CCCN1C(=O)[C@H](CC=C)CC(=O)N[C@@H](CO)Cc1ccccc1. The number of ether oxygens (including phenoxy) is 1. The number of hydrogen-bond donors (Lipinski definition) is 2. The summed E-state index contributed by atoms with van der Waals surface area (Å²) in [5, 5.41) is 12.6. The van der Waals surface area contributed by atoms with E-state index in [2.05, 4.69) is 18.5 Å². The van der Waals surface area contributed by atoms with Gasteiger partial charge in [0.2, 0.25) is 11.8 Å². The van der Waals surface area contributed by atoms with E-state index in [9.17, 15) is 19.5 Å².